The lowest BCUT2D eigenvalue weighted by atomic mass is 9.65. The smallest absolute Gasteiger partial charge is 0.170 e. The predicted molar refractivity (Wildman–Crippen MR) is 129 cm³/mol. The fraction of sp³-hybridized carbons (Fsp3) is 0.321. The number of aromatic nitrogens is 1. The van der Waals surface area contributed by atoms with Gasteiger partial charge in [-0.2, -0.15) is 0 Å². The highest BCUT2D eigenvalue weighted by Gasteiger charge is 2.40. The third-order valence-electron chi connectivity index (χ3n) is 7.24. The summed E-state index contributed by atoms with van der Waals surface area (Å²) in [4.78, 5) is 17.3. The molecule has 164 valence electrons. The molecule has 1 saturated carbocycles. The van der Waals surface area contributed by atoms with Crippen molar-refractivity contribution in [2.45, 2.75) is 39.0 Å². The van der Waals surface area contributed by atoms with E-state index in [-0.39, 0.29) is 17.6 Å². The molecule has 4 aromatic rings. The molecule has 3 aromatic carbocycles. The molecule has 32 heavy (non-hydrogen) atoms. The molecule has 1 aliphatic carbocycles. The van der Waals surface area contributed by atoms with Gasteiger partial charge in [-0.1, -0.05) is 31.2 Å². The average molecular weight is 428 g/mol. The minimum absolute atomic E-state index is 0.0553. The van der Waals surface area contributed by atoms with Crippen LogP contribution in [0.3, 0.4) is 0 Å². The van der Waals surface area contributed by atoms with E-state index in [1.54, 1.807) is 14.2 Å². The Bertz CT molecular complexity index is 1330. The van der Waals surface area contributed by atoms with Crippen LogP contribution in [0, 0.1) is 12.8 Å². The van der Waals surface area contributed by atoms with E-state index in [4.69, 9.17) is 9.47 Å². The molecule has 1 aromatic heterocycles. The first-order chi connectivity index (χ1) is 15.6. The van der Waals surface area contributed by atoms with E-state index < -0.39 is 0 Å². The van der Waals surface area contributed by atoms with Crippen LogP contribution in [0.2, 0.25) is 0 Å². The van der Waals surface area contributed by atoms with Gasteiger partial charge in [0.2, 0.25) is 0 Å². The van der Waals surface area contributed by atoms with E-state index >= 15 is 0 Å². The van der Waals surface area contributed by atoms with Crippen molar-refractivity contribution in [3.05, 3.63) is 70.8 Å². The molecular formula is C28H29NO3. The third-order valence-corrected chi connectivity index (χ3v) is 7.24. The highest BCUT2D eigenvalue weighted by Crippen LogP contribution is 2.49. The molecule has 5 rings (SSSR count). The number of nitrogens with one attached hydrogen (secondary N) is 1. The van der Waals surface area contributed by atoms with Crippen molar-refractivity contribution in [1.82, 2.24) is 4.98 Å². The number of H-pyrrole nitrogens is 1. The van der Waals surface area contributed by atoms with Gasteiger partial charge in [0.1, 0.15) is 11.5 Å². The number of Topliss-reactive ketones (excluding diaryl/α,β-unsaturated/α-hetero) is 1. The Kier molecular flexibility index (Phi) is 5.16. The van der Waals surface area contributed by atoms with E-state index in [1.807, 2.05) is 18.2 Å². The molecule has 0 bridgehead atoms. The molecule has 0 spiro atoms. The first-order valence-corrected chi connectivity index (χ1v) is 11.4. The van der Waals surface area contributed by atoms with Crippen molar-refractivity contribution < 1.29 is 14.3 Å². The van der Waals surface area contributed by atoms with E-state index in [0.29, 0.717) is 17.1 Å². The van der Waals surface area contributed by atoms with Gasteiger partial charge in [0, 0.05) is 27.7 Å². The number of ether oxygens (including phenoxy) is 2. The molecule has 1 heterocycles. The first kappa shape index (κ1) is 20.6. The van der Waals surface area contributed by atoms with Crippen LogP contribution in [0.4, 0.5) is 0 Å². The minimum atomic E-state index is -0.0553. The molecule has 1 aliphatic rings. The molecule has 2 atom stereocenters. The molecule has 0 amide bonds. The number of hydrogen-bond acceptors (Lipinski definition) is 3. The molecule has 1 fully saturated rings. The van der Waals surface area contributed by atoms with Gasteiger partial charge >= 0.3 is 0 Å². The second-order valence-corrected chi connectivity index (χ2v) is 8.74. The van der Waals surface area contributed by atoms with Crippen LogP contribution in [0.1, 0.15) is 52.7 Å². The fourth-order valence-corrected chi connectivity index (χ4v) is 5.30. The van der Waals surface area contributed by atoms with Crippen LogP contribution < -0.4 is 9.47 Å². The van der Waals surface area contributed by atoms with Gasteiger partial charge in [-0.05, 0) is 73.1 Å². The monoisotopic (exact) mass is 427 g/mol. The Balaban J connectivity index is 1.64. The van der Waals surface area contributed by atoms with Crippen LogP contribution >= 0.6 is 0 Å². The number of aryl methyl sites for hydroxylation is 2. The largest absolute Gasteiger partial charge is 0.497 e. The Morgan fingerprint density at radius 3 is 2.56 bits per heavy atom. The van der Waals surface area contributed by atoms with Crippen molar-refractivity contribution in [3.63, 3.8) is 0 Å². The van der Waals surface area contributed by atoms with Gasteiger partial charge in [-0.25, -0.2) is 0 Å². The van der Waals surface area contributed by atoms with E-state index in [1.165, 1.54) is 33.0 Å². The van der Waals surface area contributed by atoms with Gasteiger partial charge < -0.3 is 14.5 Å². The number of carbonyl (C=O) groups excluding carboxylic acids is 1. The number of fused-ring (bicyclic) bond motifs is 3. The molecular weight excluding hydrogens is 398 g/mol. The van der Waals surface area contributed by atoms with Crippen molar-refractivity contribution in [1.29, 1.82) is 0 Å². The van der Waals surface area contributed by atoms with Crippen LogP contribution in [-0.4, -0.2) is 25.0 Å². The number of ketones is 1. The van der Waals surface area contributed by atoms with Crippen LogP contribution in [0.5, 0.6) is 11.5 Å². The van der Waals surface area contributed by atoms with Crippen LogP contribution in [0.15, 0.2) is 48.5 Å². The number of rotatable bonds is 6. The molecule has 1 N–H and O–H groups in total. The molecule has 4 heteroatoms. The average Bonchev–Trinajstić information content (AvgIpc) is 3.20. The lowest BCUT2D eigenvalue weighted by molar-refractivity contribution is 0.0816. The Morgan fingerprint density at radius 2 is 1.88 bits per heavy atom. The maximum atomic E-state index is 13.7. The summed E-state index contributed by atoms with van der Waals surface area (Å²) in [6.07, 6.45) is 2.88. The summed E-state index contributed by atoms with van der Waals surface area (Å²) in [5, 5.41) is 2.51. The number of methoxy groups -OCH3 is 2. The van der Waals surface area contributed by atoms with Gasteiger partial charge in [0.05, 0.1) is 19.8 Å². The van der Waals surface area contributed by atoms with Gasteiger partial charge in [0.25, 0.3) is 0 Å². The molecule has 2 unspecified atom stereocenters. The van der Waals surface area contributed by atoms with Crippen molar-refractivity contribution in [3.8, 4) is 11.5 Å². The van der Waals surface area contributed by atoms with E-state index in [9.17, 15) is 4.79 Å². The summed E-state index contributed by atoms with van der Waals surface area (Å²) in [7, 11) is 3.23. The SMILES string of the molecule is CCc1cc(C2CCC2C(=O)c2cc(OC)ccc2OC)c2c([nH]c3ccccc32)c1C. The van der Waals surface area contributed by atoms with E-state index in [0.717, 1.165) is 24.8 Å². The number of carbonyl (C=O) groups is 1. The highest BCUT2D eigenvalue weighted by atomic mass is 16.5. The predicted octanol–water partition coefficient (Wildman–Crippen LogP) is 6.59. The summed E-state index contributed by atoms with van der Waals surface area (Å²) < 4.78 is 10.9. The fourth-order valence-electron chi connectivity index (χ4n) is 5.30. The molecule has 0 radical (unpaired) electrons. The van der Waals surface area contributed by atoms with Crippen molar-refractivity contribution in [2.24, 2.45) is 5.92 Å². The summed E-state index contributed by atoms with van der Waals surface area (Å²) in [6, 6.07) is 16.3. The number of para-hydroxylation sites is 1. The van der Waals surface area contributed by atoms with Crippen molar-refractivity contribution >= 4 is 27.6 Å². The highest BCUT2D eigenvalue weighted by molar-refractivity contribution is 6.11. The Hall–Kier alpha value is -3.27. The van der Waals surface area contributed by atoms with Gasteiger partial charge in [0.15, 0.2) is 5.78 Å². The third kappa shape index (κ3) is 3.09. The van der Waals surface area contributed by atoms with Crippen LogP contribution in [0.25, 0.3) is 21.8 Å². The van der Waals surface area contributed by atoms with Gasteiger partial charge in [-0.3, -0.25) is 4.79 Å². The number of benzene rings is 3. The van der Waals surface area contributed by atoms with Crippen molar-refractivity contribution in [2.75, 3.05) is 14.2 Å². The van der Waals surface area contributed by atoms with E-state index in [2.05, 4.69) is 49.2 Å². The summed E-state index contributed by atoms with van der Waals surface area (Å²) in [5.41, 5.74) is 6.91. The maximum Gasteiger partial charge on any atom is 0.170 e. The second-order valence-electron chi connectivity index (χ2n) is 8.74. The lowest BCUT2D eigenvalue weighted by Crippen LogP contribution is -2.32. The normalized spacial score (nSPS) is 18.0. The molecule has 0 aliphatic heterocycles. The molecule has 0 saturated heterocycles. The topological polar surface area (TPSA) is 51.3 Å². The number of hydrogen-bond donors (Lipinski definition) is 1. The first-order valence-electron chi connectivity index (χ1n) is 11.4. The zero-order valence-electron chi connectivity index (χ0n) is 19.1. The summed E-state index contributed by atoms with van der Waals surface area (Å²) >= 11 is 0. The minimum Gasteiger partial charge on any atom is -0.497 e. The standard InChI is InChI=1S/C28H29NO3/c1-5-17-14-22(26-21-8-6-7-9-24(21)29-27(26)16(17)2)19-11-12-20(19)28(30)23-15-18(31-3)10-13-25(23)32-4/h6-10,13-15,19-20,29H,5,11-12H2,1-4H3. The van der Waals surface area contributed by atoms with Gasteiger partial charge in [-0.15, -0.1) is 0 Å². The summed E-state index contributed by atoms with van der Waals surface area (Å²) in [5.74, 6) is 1.57. The number of aromatic amines is 1. The summed E-state index contributed by atoms with van der Waals surface area (Å²) in [6.45, 7) is 4.40. The zero-order valence-corrected chi connectivity index (χ0v) is 19.1. The van der Waals surface area contributed by atoms with Crippen LogP contribution in [-0.2, 0) is 6.42 Å². The zero-order chi connectivity index (χ0) is 22.4. The Labute approximate surface area is 188 Å². The molecule has 4 nitrogen and oxygen atoms in total. The maximum absolute atomic E-state index is 13.7. The quantitative estimate of drug-likeness (QED) is 0.353. The Morgan fingerprint density at radius 1 is 1.06 bits per heavy atom. The lowest BCUT2D eigenvalue weighted by Gasteiger charge is -2.37. The second kappa shape index (κ2) is 8.01.